The van der Waals surface area contributed by atoms with Gasteiger partial charge in [-0.1, -0.05) is 51.0 Å². The monoisotopic (exact) mass is 282 g/mol. The summed E-state index contributed by atoms with van der Waals surface area (Å²) in [7, 11) is 0. The maximum absolute atomic E-state index is 6.14. The quantitative estimate of drug-likeness (QED) is 0.774. The molecule has 2 nitrogen and oxygen atoms in total. The molecule has 2 aromatic carbocycles. The lowest BCUT2D eigenvalue weighted by atomic mass is 9.96. The second-order valence-electron chi connectivity index (χ2n) is 5.74. The Bertz CT molecular complexity index is 549. The van der Waals surface area contributed by atoms with E-state index in [1.165, 1.54) is 22.3 Å². The zero-order chi connectivity index (χ0) is 15.2. The van der Waals surface area contributed by atoms with Crippen molar-refractivity contribution >= 4 is 11.4 Å². The fourth-order valence-corrected chi connectivity index (χ4v) is 2.72. The molecule has 4 N–H and O–H groups in total. The first kappa shape index (κ1) is 15.4. The first-order valence-corrected chi connectivity index (χ1v) is 7.88. The van der Waals surface area contributed by atoms with Crippen LogP contribution in [0.3, 0.4) is 0 Å². The number of aryl methyl sites for hydroxylation is 2. The van der Waals surface area contributed by atoms with Crippen LogP contribution >= 0.6 is 0 Å². The molecule has 0 aromatic heterocycles. The molecule has 2 rings (SSSR count). The van der Waals surface area contributed by atoms with Gasteiger partial charge in [0.15, 0.2) is 0 Å². The molecule has 0 saturated carbocycles. The predicted molar refractivity (Wildman–Crippen MR) is 92.5 cm³/mol. The van der Waals surface area contributed by atoms with Gasteiger partial charge in [-0.15, -0.1) is 0 Å². The van der Waals surface area contributed by atoms with Gasteiger partial charge in [0.1, 0.15) is 0 Å². The van der Waals surface area contributed by atoms with E-state index in [1.54, 1.807) is 0 Å². The van der Waals surface area contributed by atoms with Gasteiger partial charge in [0.05, 0.1) is 0 Å². The van der Waals surface area contributed by atoms with Crippen LogP contribution in [0.5, 0.6) is 0 Å². The van der Waals surface area contributed by atoms with Gasteiger partial charge in [-0.2, -0.15) is 0 Å². The van der Waals surface area contributed by atoms with Gasteiger partial charge in [0.25, 0.3) is 0 Å². The molecule has 0 unspecified atom stereocenters. The van der Waals surface area contributed by atoms with Crippen LogP contribution in [0.1, 0.15) is 48.9 Å². The summed E-state index contributed by atoms with van der Waals surface area (Å²) in [6.45, 7) is 4.39. The molecule has 21 heavy (non-hydrogen) atoms. The van der Waals surface area contributed by atoms with E-state index in [-0.39, 0.29) is 0 Å². The summed E-state index contributed by atoms with van der Waals surface area (Å²) in [4.78, 5) is 0. The highest BCUT2D eigenvalue weighted by atomic mass is 14.6. The van der Waals surface area contributed by atoms with E-state index in [0.29, 0.717) is 0 Å². The normalized spacial score (nSPS) is 10.8. The minimum absolute atomic E-state index is 0.812. The Kier molecular flexibility index (Phi) is 5.26. The van der Waals surface area contributed by atoms with Crippen molar-refractivity contribution in [1.29, 1.82) is 0 Å². The molecule has 2 heteroatoms. The molecule has 0 amide bonds. The van der Waals surface area contributed by atoms with Gasteiger partial charge in [-0.05, 0) is 47.2 Å². The van der Waals surface area contributed by atoms with Gasteiger partial charge < -0.3 is 11.5 Å². The summed E-state index contributed by atoms with van der Waals surface area (Å²) in [6.07, 6.45) is 5.30. The lowest BCUT2D eigenvalue weighted by molar-refractivity contribution is 0.915. The van der Waals surface area contributed by atoms with Gasteiger partial charge in [-0.25, -0.2) is 0 Å². The highest BCUT2D eigenvalue weighted by molar-refractivity contribution is 5.56. The van der Waals surface area contributed by atoms with Gasteiger partial charge in [0.2, 0.25) is 0 Å². The van der Waals surface area contributed by atoms with Gasteiger partial charge in [0, 0.05) is 17.8 Å². The number of hydrogen-bond acceptors (Lipinski definition) is 2. The van der Waals surface area contributed by atoms with Crippen LogP contribution in [0.25, 0.3) is 0 Å². The van der Waals surface area contributed by atoms with Crippen LogP contribution < -0.4 is 11.5 Å². The van der Waals surface area contributed by atoms with Crippen molar-refractivity contribution in [3.05, 3.63) is 58.7 Å². The second kappa shape index (κ2) is 7.16. The second-order valence-corrected chi connectivity index (χ2v) is 5.74. The van der Waals surface area contributed by atoms with Gasteiger partial charge >= 0.3 is 0 Å². The Morgan fingerprint density at radius 2 is 1.14 bits per heavy atom. The maximum atomic E-state index is 6.14. The molecule has 0 radical (unpaired) electrons. The van der Waals surface area contributed by atoms with Crippen LogP contribution in [-0.2, 0) is 19.3 Å². The van der Waals surface area contributed by atoms with Crippen molar-refractivity contribution in [2.24, 2.45) is 0 Å². The number of nitrogens with two attached hydrogens (primary N) is 2. The lowest BCUT2D eigenvalue weighted by Crippen LogP contribution is -2.01. The van der Waals surface area contributed by atoms with Crippen molar-refractivity contribution in [3.8, 4) is 0 Å². The largest absolute Gasteiger partial charge is 0.398 e. The predicted octanol–water partition coefficient (Wildman–Crippen LogP) is 4.35. The first-order valence-electron chi connectivity index (χ1n) is 7.88. The van der Waals surface area contributed by atoms with Crippen LogP contribution in [0.15, 0.2) is 36.4 Å². The van der Waals surface area contributed by atoms with E-state index in [9.17, 15) is 0 Å². The zero-order valence-electron chi connectivity index (χ0n) is 13.2. The summed E-state index contributed by atoms with van der Waals surface area (Å²) in [5.41, 5.74) is 19.1. The first-order chi connectivity index (χ1) is 10.1. The van der Waals surface area contributed by atoms with Crippen LogP contribution in [0, 0.1) is 0 Å². The number of hydrogen-bond donors (Lipinski definition) is 2. The molecule has 0 atom stereocenters. The molecule has 2 aromatic rings. The Hall–Kier alpha value is -1.96. The highest BCUT2D eigenvalue weighted by Crippen LogP contribution is 2.23. The molecule has 0 bridgehead atoms. The summed E-state index contributed by atoms with van der Waals surface area (Å²) in [5, 5.41) is 0. The van der Waals surface area contributed by atoms with Gasteiger partial charge in [-0.3, -0.25) is 0 Å². The Morgan fingerprint density at radius 1 is 0.714 bits per heavy atom. The molecule has 0 aliphatic rings. The maximum Gasteiger partial charge on any atom is 0.0350 e. The Labute approximate surface area is 128 Å². The molecule has 0 saturated heterocycles. The molecule has 0 aliphatic carbocycles. The van der Waals surface area contributed by atoms with E-state index < -0.39 is 0 Å². The molecular formula is C19H26N2. The van der Waals surface area contributed by atoms with E-state index in [0.717, 1.165) is 43.5 Å². The van der Waals surface area contributed by atoms with E-state index in [2.05, 4.69) is 38.1 Å². The third-order valence-electron chi connectivity index (χ3n) is 3.87. The topological polar surface area (TPSA) is 52.0 Å². The minimum Gasteiger partial charge on any atom is -0.398 e. The standard InChI is InChI=1S/C19H26N2/c1-3-5-14-7-9-18(20)16(11-14)13-17-12-15(6-4-2)8-10-19(17)21/h7-12H,3-6,13,20-21H2,1-2H3. The molecule has 0 heterocycles. The van der Waals surface area contributed by atoms with Crippen molar-refractivity contribution < 1.29 is 0 Å². The van der Waals surface area contributed by atoms with Crippen LogP contribution in [0.4, 0.5) is 11.4 Å². The van der Waals surface area contributed by atoms with Crippen molar-refractivity contribution in [2.75, 3.05) is 11.5 Å². The molecule has 0 aliphatic heterocycles. The third-order valence-corrected chi connectivity index (χ3v) is 3.87. The summed E-state index contributed by atoms with van der Waals surface area (Å²) in [6, 6.07) is 12.7. The highest BCUT2D eigenvalue weighted by Gasteiger charge is 2.07. The molecular weight excluding hydrogens is 256 g/mol. The molecule has 0 fully saturated rings. The molecule has 0 spiro atoms. The van der Waals surface area contributed by atoms with E-state index in [4.69, 9.17) is 11.5 Å². The number of nitrogen functional groups attached to an aromatic ring is 2. The fourth-order valence-electron chi connectivity index (χ4n) is 2.72. The number of benzene rings is 2. The minimum atomic E-state index is 0.812. The fraction of sp³-hybridized carbons (Fsp3) is 0.368. The summed E-state index contributed by atoms with van der Waals surface area (Å²) < 4.78 is 0. The van der Waals surface area contributed by atoms with Crippen LogP contribution in [0.2, 0.25) is 0 Å². The Balaban J connectivity index is 2.28. The van der Waals surface area contributed by atoms with Crippen molar-refractivity contribution in [3.63, 3.8) is 0 Å². The average Bonchev–Trinajstić information content (AvgIpc) is 2.46. The van der Waals surface area contributed by atoms with E-state index >= 15 is 0 Å². The number of rotatable bonds is 6. The lowest BCUT2D eigenvalue weighted by Gasteiger charge is -2.12. The Morgan fingerprint density at radius 3 is 1.52 bits per heavy atom. The smallest absolute Gasteiger partial charge is 0.0350 e. The third kappa shape index (κ3) is 4.01. The zero-order valence-corrected chi connectivity index (χ0v) is 13.2. The average molecular weight is 282 g/mol. The van der Waals surface area contributed by atoms with E-state index in [1.807, 2.05) is 12.1 Å². The number of anilines is 2. The SMILES string of the molecule is CCCc1ccc(N)c(Cc2cc(CCC)ccc2N)c1. The summed E-state index contributed by atoms with van der Waals surface area (Å²) >= 11 is 0. The summed E-state index contributed by atoms with van der Waals surface area (Å²) in [5.74, 6) is 0. The van der Waals surface area contributed by atoms with Crippen molar-refractivity contribution in [1.82, 2.24) is 0 Å². The van der Waals surface area contributed by atoms with Crippen molar-refractivity contribution in [2.45, 2.75) is 46.0 Å². The molecule has 112 valence electrons. The van der Waals surface area contributed by atoms with Crippen LogP contribution in [-0.4, -0.2) is 0 Å².